The van der Waals surface area contributed by atoms with Crippen molar-refractivity contribution < 1.29 is 4.79 Å². The second-order valence-corrected chi connectivity index (χ2v) is 7.80. The van der Waals surface area contributed by atoms with Crippen molar-refractivity contribution in [1.29, 1.82) is 0 Å². The van der Waals surface area contributed by atoms with Gasteiger partial charge in [-0.25, -0.2) is 14.6 Å². The number of hydrogen-bond donors (Lipinski definition) is 1. The van der Waals surface area contributed by atoms with E-state index in [1.807, 2.05) is 55.6 Å². The van der Waals surface area contributed by atoms with Crippen LogP contribution in [0.3, 0.4) is 0 Å². The lowest BCUT2D eigenvalue weighted by molar-refractivity contribution is 0.0945. The van der Waals surface area contributed by atoms with Crippen molar-refractivity contribution in [3.8, 4) is 16.4 Å². The van der Waals surface area contributed by atoms with Crippen molar-refractivity contribution in [2.24, 2.45) is 0 Å². The Hall–Kier alpha value is -3.03. The quantitative estimate of drug-likeness (QED) is 0.509. The van der Waals surface area contributed by atoms with Gasteiger partial charge in [0.15, 0.2) is 5.82 Å². The molecular formula is C21H18ClN5OS. The lowest BCUT2D eigenvalue weighted by Crippen LogP contribution is -2.25. The van der Waals surface area contributed by atoms with E-state index in [1.165, 1.54) is 0 Å². The second-order valence-electron chi connectivity index (χ2n) is 6.53. The molecule has 1 aromatic carbocycles. The Morgan fingerprint density at radius 1 is 1.14 bits per heavy atom. The Morgan fingerprint density at radius 2 is 1.93 bits per heavy atom. The third-order valence-electron chi connectivity index (χ3n) is 4.28. The number of carbonyl (C=O) groups excluding carboxylic acids is 1. The molecule has 8 heteroatoms. The van der Waals surface area contributed by atoms with Crippen LogP contribution in [-0.2, 0) is 6.54 Å². The van der Waals surface area contributed by atoms with E-state index in [1.54, 1.807) is 28.2 Å². The van der Waals surface area contributed by atoms with Crippen LogP contribution in [0.25, 0.3) is 16.4 Å². The number of benzene rings is 1. The molecule has 0 saturated heterocycles. The van der Waals surface area contributed by atoms with Gasteiger partial charge in [0.05, 0.1) is 23.0 Å². The summed E-state index contributed by atoms with van der Waals surface area (Å²) in [6.45, 7) is 4.14. The van der Waals surface area contributed by atoms with Crippen LogP contribution in [0.15, 0.2) is 53.9 Å². The van der Waals surface area contributed by atoms with Gasteiger partial charge in [-0.1, -0.05) is 41.9 Å². The van der Waals surface area contributed by atoms with Gasteiger partial charge in [-0.3, -0.25) is 4.79 Å². The monoisotopic (exact) mass is 423 g/mol. The van der Waals surface area contributed by atoms with Gasteiger partial charge in [0.25, 0.3) is 5.91 Å². The number of aromatic nitrogens is 4. The van der Waals surface area contributed by atoms with Gasteiger partial charge in [-0.15, -0.1) is 11.3 Å². The van der Waals surface area contributed by atoms with E-state index in [9.17, 15) is 4.79 Å². The fourth-order valence-electron chi connectivity index (χ4n) is 2.93. The van der Waals surface area contributed by atoms with E-state index in [0.717, 1.165) is 27.7 Å². The Labute approximate surface area is 177 Å². The highest BCUT2D eigenvalue weighted by Gasteiger charge is 2.16. The molecule has 0 aliphatic rings. The first kappa shape index (κ1) is 19.3. The van der Waals surface area contributed by atoms with Crippen molar-refractivity contribution in [1.82, 2.24) is 25.1 Å². The number of thiazole rings is 1. The van der Waals surface area contributed by atoms with Gasteiger partial charge in [-0.2, -0.15) is 5.10 Å². The average Bonchev–Trinajstić information content (AvgIpc) is 3.33. The van der Waals surface area contributed by atoms with E-state index < -0.39 is 0 Å². The molecule has 0 radical (unpaired) electrons. The number of halogens is 1. The van der Waals surface area contributed by atoms with E-state index in [2.05, 4.69) is 20.4 Å². The fourth-order valence-corrected chi connectivity index (χ4v) is 3.94. The highest BCUT2D eigenvalue weighted by molar-refractivity contribution is 7.13. The molecule has 3 aromatic heterocycles. The summed E-state index contributed by atoms with van der Waals surface area (Å²) in [5, 5.41) is 10.4. The predicted octanol–water partition coefficient (Wildman–Crippen LogP) is 4.59. The lowest BCUT2D eigenvalue weighted by Gasteiger charge is -2.08. The molecule has 1 amide bonds. The smallest absolute Gasteiger partial charge is 0.271 e. The maximum absolute atomic E-state index is 12.7. The lowest BCUT2D eigenvalue weighted by atomic mass is 10.2. The number of nitrogens with zero attached hydrogens (tertiary/aromatic N) is 4. The first-order valence-electron chi connectivity index (χ1n) is 8.99. The van der Waals surface area contributed by atoms with Crippen LogP contribution in [0, 0.1) is 13.8 Å². The van der Waals surface area contributed by atoms with Gasteiger partial charge < -0.3 is 5.32 Å². The Morgan fingerprint density at radius 3 is 2.66 bits per heavy atom. The molecule has 146 valence electrons. The number of carbonyl (C=O) groups is 1. The number of aryl methyl sites for hydroxylation is 2. The molecule has 1 N–H and O–H groups in total. The highest BCUT2D eigenvalue weighted by Crippen LogP contribution is 2.23. The van der Waals surface area contributed by atoms with E-state index >= 15 is 0 Å². The Bertz CT molecular complexity index is 1170. The number of rotatable bonds is 5. The number of nitrogens with one attached hydrogen (secondary N) is 1. The first-order chi connectivity index (χ1) is 14.0. The standard InChI is InChI=1S/C21H18ClN5OS/c1-13-10-14(2)27(26-13)18-9-8-17(22)19(25-18)20(28)23-11-16-12-29-21(24-16)15-6-4-3-5-7-15/h3-10,12H,11H2,1-2H3,(H,23,28). The van der Waals surface area contributed by atoms with Crippen molar-refractivity contribution >= 4 is 28.8 Å². The number of pyridine rings is 1. The molecule has 0 aliphatic heterocycles. The molecule has 4 rings (SSSR count). The molecule has 0 atom stereocenters. The van der Waals surface area contributed by atoms with Crippen LogP contribution >= 0.6 is 22.9 Å². The van der Waals surface area contributed by atoms with Crippen molar-refractivity contribution in [2.75, 3.05) is 0 Å². The van der Waals surface area contributed by atoms with Crippen LogP contribution in [0.1, 0.15) is 27.6 Å². The minimum atomic E-state index is -0.354. The van der Waals surface area contributed by atoms with E-state index in [4.69, 9.17) is 11.6 Å². The molecule has 0 aliphatic carbocycles. The first-order valence-corrected chi connectivity index (χ1v) is 10.3. The Kier molecular flexibility index (Phi) is 5.42. The minimum Gasteiger partial charge on any atom is -0.345 e. The van der Waals surface area contributed by atoms with Gasteiger partial charge in [0, 0.05) is 16.6 Å². The van der Waals surface area contributed by atoms with Gasteiger partial charge in [0.1, 0.15) is 10.7 Å². The molecule has 4 aromatic rings. The van der Waals surface area contributed by atoms with Crippen molar-refractivity contribution in [3.05, 3.63) is 81.7 Å². The van der Waals surface area contributed by atoms with Crippen LogP contribution in [0.2, 0.25) is 5.02 Å². The third kappa shape index (κ3) is 4.21. The van der Waals surface area contributed by atoms with Gasteiger partial charge >= 0.3 is 0 Å². The topological polar surface area (TPSA) is 72.7 Å². The molecule has 3 heterocycles. The number of hydrogen-bond acceptors (Lipinski definition) is 5. The zero-order valence-corrected chi connectivity index (χ0v) is 17.5. The summed E-state index contributed by atoms with van der Waals surface area (Å²) in [6.07, 6.45) is 0. The maximum Gasteiger partial charge on any atom is 0.271 e. The maximum atomic E-state index is 12.7. The summed E-state index contributed by atoms with van der Waals surface area (Å²) in [7, 11) is 0. The van der Waals surface area contributed by atoms with Crippen molar-refractivity contribution in [2.45, 2.75) is 20.4 Å². The van der Waals surface area contributed by atoms with Crippen LogP contribution in [0.5, 0.6) is 0 Å². The highest BCUT2D eigenvalue weighted by atomic mass is 35.5. The molecule has 6 nitrogen and oxygen atoms in total. The van der Waals surface area contributed by atoms with Crippen molar-refractivity contribution in [3.63, 3.8) is 0 Å². The summed E-state index contributed by atoms with van der Waals surface area (Å²) in [6, 6.07) is 15.3. The van der Waals surface area contributed by atoms with E-state index in [0.29, 0.717) is 12.4 Å². The second kappa shape index (κ2) is 8.14. The third-order valence-corrected chi connectivity index (χ3v) is 5.52. The summed E-state index contributed by atoms with van der Waals surface area (Å²) in [5.74, 6) is 0.192. The molecule has 29 heavy (non-hydrogen) atoms. The summed E-state index contributed by atoms with van der Waals surface area (Å²) < 4.78 is 1.69. The molecule has 0 fully saturated rings. The zero-order valence-electron chi connectivity index (χ0n) is 15.9. The molecule has 0 saturated carbocycles. The SMILES string of the molecule is Cc1cc(C)n(-c2ccc(Cl)c(C(=O)NCc3csc(-c4ccccc4)n3)n2)n1. The molecule has 0 bridgehead atoms. The minimum absolute atomic E-state index is 0.162. The van der Waals surface area contributed by atoms with E-state index in [-0.39, 0.29) is 16.6 Å². The largest absolute Gasteiger partial charge is 0.345 e. The number of amides is 1. The Balaban J connectivity index is 1.50. The zero-order chi connectivity index (χ0) is 20.4. The van der Waals surface area contributed by atoms with Crippen LogP contribution in [0.4, 0.5) is 0 Å². The molecular weight excluding hydrogens is 406 g/mol. The summed E-state index contributed by atoms with van der Waals surface area (Å²) >= 11 is 7.76. The van der Waals surface area contributed by atoms with Gasteiger partial charge in [-0.05, 0) is 32.0 Å². The molecule has 0 spiro atoms. The van der Waals surface area contributed by atoms with Gasteiger partial charge in [0.2, 0.25) is 0 Å². The van der Waals surface area contributed by atoms with Crippen LogP contribution < -0.4 is 5.32 Å². The normalized spacial score (nSPS) is 10.9. The summed E-state index contributed by atoms with van der Waals surface area (Å²) in [4.78, 5) is 21.7. The van der Waals surface area contributed by atoms with Crippen LogP contribution in [-0.4, -0.2) is 25.7 Å². The predicted molar refractivity (Wildman–Crippen MR) is 115 cm³/mol. The average molecular weight is 424 g/mol. The molecule has 0 unspecified atom stereocenters. The summed E-state index contributed by atoms with van der Waals surface area (Å²) in [5.41, 5.74) is 3.81. The fraction of sp³-hybridized carbons (Fsp3) is 0.143.